The molecule has 0 aromatic heterocycles. The molecule has 0 N–H and O–H groups in total. The summed E-state index contributed by atoms with van der Waals surface area (Å²) in [4.78, 5) is 39.5. The Balaban J connectivity index is 1.90. The number of halogens is 2. The number of carbonyl (C=O) groups is 3. The van der Waals surface area contributed by atoms with Crippen molar-refractivity contribution < 1.29 is 19.1 Å². The number of fused-ring (bicyclic) bond motifs is 1. The minimum Gasteiger partial charge on any atom is -0.469 e. The van der Waals surface area contributed by atoms with Crippen molar-refractivity contribution >= 4 is 46.8 Å². The van der Waals surface area contributed by atoms with E-state index in [9.17, 15) is 14.4 Å². The first-order valence-corrected chi connectivity index (χ1v) is 7.86. The van der Waals surface area contributed by atoms with Gasteiger partial charge in [-0.05, 0) is 31.0 Å². The zero-order valence-corrected chi connectivity index (χ0v) is 13.8. The van der Waals surface area contributed by atoms with Gasteiger partial charge in [-0.25, -0.2) is 9.69 Å². The molecule has 23 heavy (non-hydrogen) atoms. The lowest BCUT2D eigenvalue weighted by molar-refractivity contribution is -0.147. The molecule has 3 rings (SSSR count). The summed E-state index contributed by atoms with van der Waals surface area (Å²) in [6, 6.07) is 3.48. The Hall–Kier alpha value is -1.79. The highest BCUT2D eigenvalue weighted by molar-refractivity contribution is 6.35. The Morgan fingerprint density at radius 1 is 1.22 bits per heavy atom. The first-order valence-electron chi connectivity index (χ1n) is 7.11. The topological polar surface area (TPSA) is 66.9 Å². The molecule has 3 amide bonds. The van der Waals surface area contributed by atoms with Crippen LogP contribution in [0.1, 0.15) is 12.8 Å². The first kappa shape index (κ1) is 16.1. The first-order chi connectivity index (χ1) is 10.9. The number of hydrogen-bond acceptors (Lipinski definition) is 4. The summed E-state index contributed by atoms with van der Waals surface area (Å²) < 4.78 is 4.74. The molecular formula is C15H14Cl2N2O4. The number of urea groups is 1. The zero-order chi connectivity index (χ0) is 16.7. The van der Waals surface area contributed by atoms with E-state index >= 15 is 0 Å². The number of rotatable bonds is 2. The number of methoxy groups -OCH3 is 1. The van der Waals surface area contributed by atoms with Gasteiger partial charge in [-0.2, -0.15) is 0 Å². The predicted octanol–water partition coefficient (Wildman–Crippen LogP) is 2.71. The fourth-order valence-electron chi connectivity index (χ4n) is 3.09. The molecular weight excluding hydrogens is 343 g/mol. The molecule has 1 aromatic carbocycles. The van der Waals surface area contributed by atoms with E-state index in [1.54, 1.807) is 0 Å². The molecule has 0 spiro atoms. The number of anilines is 1. The van der Waals surface area contributed by atoms with Crippen LogP contribution in [0.3, 0.4) is 0 Å². The zero-order valence-electron chi connectivity index (χ0n) is 12.3. The number of amides is 3. The maximum Gasteiger partial charge on any atom is 0.332 e. The summed E-state index contributed by atoms with van der Waals surface area (Å²) in [5.74, 6) is -1.10. The van der Waals surface area contributed by atoms with E-state index < -0.39 is 12.1 Å². The van der Waals surface area contributed by atoms with Crippen LogP contribution in [0.4, 0.5) is 10.5 Å². The molecule has 1 aromatic rings. The van der Waals surface area contributed by atoms with E-state index in [0.29, 0.717) is 28.7 Å². The molecule has 2 heterocycles. The highest BCUT2D eigenvalue weighted by atomic mass is 35.5. The Bertz CT molecular complexity index is 674. The molecule has 0 bridgehead atoms. The van der Waals surface area contributed by atoms with Gasteiger partial charge < -0.3 is 9.64 Å². The van der Waals surface area contributed by atoms with Crippen LogP contribution in [0.5, 0.6) is 0 Å². The standard InChI is InChI=1S/C15H14Cl2N2O4/c1-23-14(21)8-2-3-18-12(4-8)13(20)19(15(18)22)11-6-9(16)5-10(17)7-11/h5-8,12H,2-4H2,1H3/t8-,12-/m1/s1. The molecule has 2 aliphatic rings. The van der Waals surface area contributed by atoms with Gasteiger partial charge in [0.25, 0.3) is 5.91 Å². The summed E-state index contributed by atoms with van der Waals surface area (Å²) >= 11 is 11.9. The minimum atomic E-state index is -0.655. The number of hydrogen-bond donors (Lipinski definition) is 0. The quantitative estimate of drug-likeness (QED) is 0.603. The van der Waals surface area contributed by atoms with Crippen molar-refractivity contribution in [1.29, 1.82) is 0 Å². The molecule has 2 aliphatic heterocycles. The van der Waals surface area contributed by atoms with Crippen molar-refractivity contribution in [2.45, 2.75) is 18.9 Å². The number of ether oxygens (including phenoxy) is 1. The number of benzene rings is 1. The molecule has 122 valence electrons. The fraction of sp³-hybridized carbons (Fsp3) is 0.400. The lowest BCUT2D eigenvalue weighted by Gasteiger charge is -2.30. The highest BCUT2D eigenvalue weighted by Gasteiger charge is 2.49. The van der Waals surface area contributed by atoms with Crippen LogP contribution in [0.25, 0.3) is 0 Å². The third-order valence-corrected chi connectivity index (χ3v) is 4.62. The van der Waals surface area contributed by atoms with Crippen molar-refractivity contribution in [3.63, 3.8) is 0 Å². The Morgan fingerprint density at radius 3 is 2.48 bits per heavy atom. The Kier molecular flexibility index (Phi) is 4.21. The van der Waals surface area contributed by atoms with Crippen molar-refractivity contribution in [2.24, 2.45) is 5.92 Å². The average Bonchev–Trinajstić information content (AvgIpc) is 2.76. The van der Waals surface area contributed by atoms with Crippen molar-refractivity contribution in [3.8, 4) is 0 Å². The second-order valence-corrected chi connectivity index (χ2v) is 6.41. The molecule has 0 saturated carbocycles. The van der Waals surface area contributed by atoms with Crippen LogP contribution in [0, 0.1) is 5.92 Å². The van der Waals surface area contributed by atoms with Gasteiger partial charge in [0.05, 0.1) is 18.7 Å². The molecule has 0 aliphatic carbocycles. The number of esters is 1. The fourth-order valence-corrected chi connectivity index (χ4v) is 3.60. The summed E-state index contributed by atoms with van der Waals surface area (Å²) in [6.07, 6.45) is 0.744. The van der Waals surface area contributed by atoms with Gasteiger partial charge in [0.2, 0.25) is 0 Å². The third-order valence-electron chi connectivity index (χ3n) is 4.18. The summed E-state index contributed by atoms with van der Waals surface area (Å²) in [7, 11) is 1.32. The monoisotopic (exact) mass is 356 g/mol. The van der Waals surface area contributed by atoms with E-state index in [1.807, 2.05) is 0 Å². The summed E-state index contributed by atoms with van der Waals surface area (Å²) in [5, 5.41) is 0.677. The molecule has 0 unspecified atom stereocenters. The van der Waals surface area contributed by atoms with Gasteiger partial charge in [-0.3, -0.25) is 9.59 Å². The molecule has 8 heteroatoms. The predicted molar refractivity (Wildman–Crippen MR) is 84.6 cm³/mol. The second-order valence-electron chi connectivity index (χ2n) is 5.54. The normalized spacial score (nSPS) is 24.0. The molecule has 0 radical (unpaired) electrons. The number of nitrogens with zero attached hydrogens (tertiary/aromatic N) is 2. The van der Waals surface area contributed by atoms with Gasteiger partial charge in [0.1, 0.15) is 6.04 Å². The van der Waals surface area contributed by atoms with Crippen LogP contribution in [-0.4, -0.2) is 42.5 Å². The average molecular weight is 357 g/mol. The van der Waals surface area contributed by atoms with Crippen LogP contribution in [0.15, 0.2) is 18.2 Å². The van der Waals surface area contributed by atoms with Crippen LogP contribution < -0.4 is 4.90 Å². The largest absolute Gasteiger partial charge is 0.469 e. The van der Waals surface area contributed by atoms with E-state index in [4.69, 9.17) is 27.9 Å². The van der Waals surface area contributed by atoms with Crippen LogP contribution in [-0.2, 0) is 14.3 Å². The summed E-state index contributed by atoms with van der Waals surface area (Å²) in [5.41, 5.74) is 0.335. The molecule has 6 nitrogen and oxygen atoms in total. The van der Waals surface area contributed by atoms with Gasteiger partial charge in [0.15, 0.2) is 0 Å². The smallest absolute Gasteiger partial charge is 0.332 e. The van der Waals surface area contributed by atoms with E-state index in [1.165, 1.54) is 30.2 Å². The summed E-state index contributed by atoms with van der Waals surface area (Å²) in [6.45, 7) is 0.333. The number of carbonyl (C=O) groups excluding carboxylic acids is 3. The van der Waals surface area contributed by atoms with Crippen LogP contribution >= 0.6 is 23.2 Å². The van der Waals surface area contributed by atoms with E-state index in [0.717, 1.165) is 4.90 Å². The lowest BCUT2D eigenvalue weighted by Crippen LogP contribution is -2.44. The number of imide groups is 1. The maximum absolute atomic E-state index is 12.7. The van der Waals surface area contributed by atoms with E-state index in [2.05, 4.69) is 0 Å². The third kappa shape index (κ3) is 2.77. The Labute approximate surface area is 142 Å². The number of piperidine rings is 1. The van der Waals surface area contributed by atoms with Gasteiger partial charge in [-0.15, -0.1) is 0 Å². The van der Waals surface area contributed by atoms with Crippen molar-refractivity contribution in [2.75, 3.05) is 18.6 Å². The van der Waals surface area contributed by atoms with Gasteiger partial charge in [-0.1, -0.05) is 23.2 Å². The van der Waals surface area contributed by atoms with Crippen molar-refractivity contribution in [3.05, 3.63) is 28.2 Å². The van der Waals surface area contributed by atoms with Gasteiger partial charge in [0, 0.05) is 16.6 Å². The lowest BCUT2D eigenvalue weighted by atomic mass is 9.91. The maximum atomic E-state index is 12.7. The Morgan fingerprint density at radius 2 is 1.87 bits per heavy atom. The van der Waals surface area contributed by atoms with Crippen molar-refractivity contribution in [1.82, 2.24) is 4.90 Å². The second kappa shape index (κ2) is 6.02. The van der Waals surface area contributed by atoms with Crippen LogP contribution in [0.2, 0.25) is 10.0 Å². The van der Waals surface area contributed by atoms with E-state index in [-0.39, 0.29) is 24.2 Å². The minimum absolute atomic E-state index is 0.266. The molecule has 2 fully saturated rings. The molecule has 2 atom stereocenters. The molecule has 2 saturated heterocycles. The van der Waals surface area contributed by atoms with Gasteiger partial charge >= 0.3 is 12.0 Å². The highest BCUT2D eigenvalue weighted by Crippen LogP contribution is 2.35. The SMILES string of the molecule is COC(=O)[C@@H]1CCN2C(=O)N(c3cc(Cl)cc(Cl)c3)C(=O)[C@H]2C1.